The molecule has 1 saturated heterocycles. The van der Waals surface area contributed by atoms with Gasteiger partial charge in [0, 0.05) is 6.54 Å². The van der Waals surface area contributed by atoms with Crippen LogP contribution < -0.4 is 5.32 Å². The Labute approximate surface area is 118 Å². The summed E-state index contributed by atoms with van der Waals surface area (Å²) in [7, 11) is 0. The predicted octanol–water partition coefficient (Wildman–Crippen LogP) is 0.614. The van der Waals surface area contributed by atoms with Crippen LogP contribution in [0.5, 0.6) is 0 Å². The zero-order valence-electron chi connectivity index (χ0n) is 12.0. The SMILES string of the molecule is CCCNC(C)(CCCN1C(=O)C2CC2C1=O)C(=O)O. The van der Waals surface area contributed by atoms with Gasteiger partial charge in [0.15, 0.2) is 0 Å². The van der Waals surface area contributed by atoms with Gasteiger partial charge in [0.1, 0.15) is 5.54 Å². The van der Waals surface area contributed by atoms with Gasteiger partial charge in [-0.3, -0.25) is 19.3 Å². The molecule has 2 amide bonds. The molecule has 0 aromatic rings. The Morgan fingerprint density at radius 2 is 2.00 bits per heavy atom. The van der Waals surface area contributed by atoms with Crippen LogP contribution in [0.1, 0.15) is 39.5 Å². The van der Waals surface area contributed by atoms with Gasteiger partial charge in [-0.05, 0) is 39.2 Å². The van der Waals surface area contributed by atoms with Gasteiger partial charge in [-0.2, -0.15) is 0 Å². The Balaban J connectivity index is 1.83. The summed E-state index contributed by atoms with van der Waals surface area (Å²) in [6, 6.07) is 0. The molecule has 1 saturated carbocycles. The number of piperidine rings is 1. The van der Waals surface area contributed by atoms with Crippen molar-refractivity contribution in [2.75, 3.05) is 13.1 Å². The fraction of sp³-hybridized carbons (Fsp3) is 0.786. The second kappa shape index (κ2) is 5.52. The molecule has 0 radical (unpaired) electrons. The van der Waals surface area contributed by atoms with Crippen molar-refractivity contribution in [2.45, 2.75) is 45.1 Å². The average molecular weight is 282 g/mol. The highest BCUT2D eigenvalue weighted by Gasteiger charge is 2.58. The maximum atomic E-state index is 11.8. The summed E-state index contributed by atoms with van der Waals surface area (Å²) >= 11 is 0. The van der Waals surface area contributed by atoms with Crippen LogP contribution in [0.2, 0.25) is 0 Å². The summed E-state index contributed by atoms with van der Waals surface area (Å²) < 4.78 is 0. The topological polar surface area (TPSA) is 86.7 Å². The molecule has 6 heteroatoms. The molecular formula is C14H22N2O4. The van der Waals surface area contributed by atoms with Gasteiger partial charge in [0.25, 0.3) is 0 Å². The lowest BCUT2D eigenvalue weighted by Gasteiger charge is -2.27. The first-order valence-corrected chi connectivity index (χ1v) is 7.24. The number of carboxylic acid groups (broad SMARTS) is 1. The van der Waals surface area contributed by atoms with Gasteiger partial charge in [0.05, 0.1) is 11.8 Å². The first kappa shape index (κ1) is 15.0. The number of nitrogens with zero attached hydrogens (tertiary/aromatic N) is 1. The van der Waals surface area contributed by atoms with E-state index in [4.69, 9.17) is 0 Å². The summed E-state index contributed by atoms with van der Waals surface area (Å²) in [6.07, 6.45) is 2.47. The Hall–Kier alpha value is -1.43. The van der Waals surface area contributed by atoms with Gasteiger partial charge < -0.3 is 10.4 Å². The van der Waals surface area contributed by atoms with Crippen LogP contribution in [0.25, 0.3) is 0 Å². The van der Waals surface area contributed by atoms with Crippen LogP contribution in [0, 0.1) is 11.8 Å². The molecule has 6 nitrogen and oxygen atoms in total. The van der Waals surface area contributed by atoms with E-state index in [1.165, 1.54) is 4.90 Å². The molecule has 2 N–H and O–H groups in total. The van der Waals surface area contributed by atoms with Crippen molar-refractivity contribution >= 4 is 17.8 Å². The molecule has 0 aromatic carbocycles. The molecule has 0 bridgehead atoms. The third kappa shape index (κ3) is 2.70. The number of carboxylic acids is 1. The van der Waals surface area contributed by atoms with E-state index >= 15 is 0 Å². The molecular weight excluding hydrogens is 260 g/mol. The van der Waals surface area contributed by atoms with E-state index in [1.807, 2.05) is 6.92 Å². The second-order valence-corrected chi connectivity index (χ2v) is 5.94. The number of likely N-dealkylation sites (tertiary alicyclic amines) is 1. The average Bonchev–Trinajstić information content (AvgIpc) is 3.15. The van der Waals surface area contributed by atoms with Crippen LogP contribution in [0.15, 0.2) is 0 Å². The lowest BCUT2D eigenvalue weighted by molar-refractivity contribution is -0.144. The first-order chi connectivity index (χ1) is 9.40. The molecule has 20 heavy (non-hydrogen) atoms. The van der Waals surface area contributed by atoms with Gasteiger partial charge in [-0.1, -0.05) is 6.92 Å². The maximum Gasteiger partial charge on any atom is 0.323 e. The van der Waals surface area contributed by atoms with Gasteiger partial charge in [0.2, 0.25) is 11.8 Å². The fourth-order valence-electron chi connectivity index (χ4n) is 2.73. The first-order valence-electron chi connectivity index (χ1n) is 7.24. The zero-order chi connectivity index (χ0) is 14.9. The smallest absolute Gasteiger partial charge is 0.323 e. The summed E-state index contributed by atoms with van der Waals surface area (Å²) in [4.78, 5) is 36.2. The molecule has 0 spiro atoms. The van der Waals surface area contributed by atoms with Gasteiger partial charge >= 0.3 is 5.97 Å². The van der Waals surface area contributed by atoms with E-state index in [0.29, 0.717) is 32.4 Å². The number of rotatable bonds is 8. The van der Waals surface area contributed by atoms with Crippen molar-refractivity contribution in [1.29, 1.82) is 0 Å². The fourth-order valence-corrected chi connectivity index (χ4v) is 2.73. The molecule has 3 atom stereocenters. The lowest BCUT2D eigenvalue weighted by Crippen LogP contribution is -2.50. The Kier molecular flexibility index (Phi) is 4.13. The maximum absolute atomic E-state index is 11.8. The molecule has 2 fully saturated rings. The molecule has 112 valence electrons. The van der Waals surface area contributed by atoms with Crippen molar-refractivity contribution < 1.29 is 19.5 Å². The van der Waals surface area contributed by atoms with Crippen LogP contribution in [0.3, 0.4) is 0 Å². The number of carbonyl (C=O) groups excluding carboxylic acids is 2. The minimum Gasteiger partial charge on any atom is -0.480 e. The number of hydrogen-bond donors (Lipinski definition) is 2. The number of fused-ring (bicyclic) bond motifs is 1. The monoisotopic (exact) mass is 282 g/mol. The van der Waals surface area contributed by atoms with E-state index in [-0.39, 0.29) is 23.7 Å². The van der Waals surface area contributed by atoms with E-state index in [1.54, 1.807) is 6.92 Å². The van der Waals surface area contributed by atoms with Crippen LogP contribution in [-0.2, 0) is 14.4 Å². The molecule has 3 unspecified atom stereocenters. The van der Waals surface area contributed by atoms with E-state index in [0.717, 1.165) is 6.42 Å². The van der Waals surface area contributed by atoms with Crippen molar-refractivity contribution in [2.24, 2.45) is 11.8 Å². The third-order valence-corrected chi connectivity index (χ3v) is 4.25. The third-order valence-electron chi connectivity index (χ3n) is 4.25. The molecule has 1 aliphatic heterocycles. The van der Waals surface area contributed by atoms with Crippen LogP contribution >= 0.6 is 0 Å². The highest BCUT2D eigenvalue weighted by atomic mass is 16.4. The quantitative estimate of drug-likeness (QED) is 0.637. The highest BCUT2D eigenvalue weighted by Crippen LogP contribution is 2.46. The predicted molar refractivity (Wildman–Crippen MR) is 71.9 cm³/mol. The number of imide groups is 1. The van der Waals surface area contributed by atoms with Gasteiger partial charge in [-0.15, -0.1) is 0 Å². The van der Waals surface area contributed by atoms with Crippen molar-refractivity contribution in [3.05, 3.63) is 0 Å². The van der Waals surface area contributed by atoms with Crippen molar-refractivity contribution in [3.63, 3.8) is 0 Å². The van der Waals surface area contributed by atoms with Crippen LogP contribution in [0.4, 0.5) is 0 Å². The molecule has 2 rings (SSSR count). The molecule has 1 aliphatic carbocycles. The summed E-state index contributed by atoms with van der Waals surface area (Å²) in [5.74, 6) is -1.19. The Morgan fingerprint density at radius 1 is 1.40 bits per heavy atom. The van der Waals surface area contributed by atoms with Crippen molar-refractivity contribution in [1.82, 2.24) is 10.2 Å². The summed E-state index contributed by atoms with van der Waals surface area (Å²) in [5, 5.41) is 12.3. The molecule has 2 aliphatic rings. The Bertz CT molecular complexity index is 417. The Morgan fingerprint density at radius 3 is 2.50 bits per heavy atom. The number of carbonyl (C=O) groups is 3. The number of aliphatic carboxylic acids is 1. The number of hydrogen-bond acceptors (Lipinski definition) is 4. The van der Waals surface area contributed by atoms with Crippen molar-refractivity contribution in [3.8, 4) is 0 Å². The van der Waals surface area contributed by atoms with Gasteiger partial charge in [-0.25, -0.2) is 0 Å². The highest BCUT2D eigenvalue weighted by molar-refractivity contribution is 6.08. The number of amides is 2. The minimum atomic E-state index is -0.995. The van der Waals surface area contributed by atoms with E-state index in [9.17, 15) is 19.5 Å². The standard InChI is InChI=1S/C14H22N2O4/c1-3-6-15-14(2,13(19)20)5-4-7-16-11(17)9-8-10(9)12(16)18/h9-10,15H,3-8H2,1-2H3,(H,19,20). The minimum absolute atomic E-state index is 0.0708. The second-order valence-electron chi connectivity index (χ2n) is 5.94. The summed E-state index contributed by atoms with van der Waals surface area (Å²) in [6.45, 7) is 4.59. The largest absolute Gasteiger partial charge is 0.480 e. The zero-order valence-corrected chi connectivity index (χ0v) is 12.0. The van der Waals surface area contributed by atoms with E-state index in [2.05, 4.69) is 5.32 Å². The molecule has 0 aromatic heterocycles. The molecule has 1 heterocycles. The van der Waals surface area contributed by atoms with E-state index < -0.39 is 11.5 Å². The van der Waals surface area contributed by atoms with Crippen LogP contribution in [-0.4, -0.2) is 46.4 Å². The normalized spacial score (nSPS) is 27.4. The summed E-state index contributed by atoms with van der Waals surface area (Å²) in [5.41, 5.74) is -0.995. The lowest BCUT2D eigenvalue weighted by atomic mass is 9.95. The number of nitrogens with one attached hydrogen (secondary N) is 1.